The van der Waals surface area contributed by atoms with Crippen molar-refractivity contribution in [2.24, 2.45) is 0 Å². The molecule has 0 bridgehead atoms. The van der Waals surface area contributed by atoms with Gasteiger partial charge in [0.25, 0.3) is 11.6 Å². The van der Waals surface area contributed by atoms with Crippen LogP contribution in [0.15, 0.2) is 40.9 Å². The molecule has 0 radical (unpaired) electrons. The Morgan fingerprint density at radius 1 is 1.33 bits per heavy atom. The van der Waals surface area contributed by atoms with Gasteiger partial charge in [-0.1, -0.05) is 12.1 Å². The van der Waals surface area contributed by atoms with Crippen LogP contribution in [0.4, 0.5) is 15.8 Å². The fourth-order valence-electron chi connectivity index (χ4n) is 1.75. The molecule has 2 rings (SSSR count). The van der Waals surface area contributed by atoms with Gasteiger partial charge in [0.15, 0.2) is 0 Å². The van der Waals surface area contributed by atoms with Crippen LogP contribution in [0.1, 0.15) is 15.9 Å². The molecule has 0 saturated heterocycles. The summed E-state index contributed by atoms with van der Waals surface area (Å²) in [6, 6.07) is 8.02. The first-order chi connectivity index (χ1) is 9.88. The van der Waals surface area contributed by atoms with Gasteiger partial charge in [-0.25, -0.2) is 4.39 Å². The number of hydrogen-bond acceptors (Lipinski definition) is 3. The lowest BCUT2D eigenvalue weighted by Crippen LogP contribution is -2.13. The Labute approximate surface area is 128 Å². The molecular formula is C14H10BrFN2O3. The Balaban J connectivity index is 2.32. The second kappa shape index (κ2) is 6.01. The number of nitro benzene ring substituents is 1. The summed E-state index contributed by atoms with van der Waals surface area (Å²) in [5.74, 6) is -1.46. The van der Waals surface area contributed by atoms with E-state index in [0.29, 0.717) is 10.2 Å². The van der Waals surface area contributed by atoms with Gasteiger partial charge in [0.05, 0.1) is 16.7 Å². The third-order valence-corrected chi connectivity index (χ3v) is 3.85. The van der Waals surface area contributed by atoms with Gasteiger partial charge < -0.3 is 5.32 Å². The van der Waals surface area contributed by atoms with Crippen molar-refractivity contribution < 1.29 is 14.1 Å². The molecule has 5 nitrogen and oxygen atoms in total. The Hall–Kier alpha value is -2.28. The van der Waals surface area contributed by atoms with Gasteiger partial charge in [0.2, 0.25) is 0 Å². The molecule has 1 amide bonds. The molecule has 0 heterocycles. The van der Waals surface area contributed by atoms with Crippen LogP contribution in [0.3, 0.4) is 0 Å². The molecule has 21 heavy (non-hydrogen) atoms. The minimum atomic E-state index is -0.836. The smallest absolute Gasteiger partial charge is 0.273 e. The van der Waals surface area contributed by atoms with E-state index in [2.05, 4.69) is 21.2 Å². The zero-order valence-electron chi connectivity index (χ0n) is 10.9. The van der Waals surface area contributed by atoms with Crippen molar-refractivity contribution in [3.8, 4) is 0 Å². The molecule has 0 aliphatic heterocycles. The average Bonchev–Trinajstić information content (AvgIpc) is 2.43. The zero-order valence-corrected chi connectivity index (χ0v) is 12.5. The van der Waals surface area contributed by atoms with E-state index in [1.54, 1.807) is 12.1 Å². The highest BCUT2D eigenvalue weighted by atomic mass is 79.9. The molecular weight excluding hydrogens is 343 g/mol. The first kappa shape index (κ1) is 15.1. The van der Waals surface area contributed by atoms with Crippen molar-refractivity contribution in [3.05, 3.63) is 67.9 Å². The maximum atomic E-state index is 13.3. The molecule has 0 aromatic heterocycles. The molecule has 2 aromatic rings. The lowest BCUT2D eigenvalue weighted by molar-refractivity contribution is -0.385. The number of amides is 1. The summed E-state index contributed by atoms with van der Waals surface area (Å²) in [5, 5.41) is 13.3. The molecule has 108 valence electrons. The summed E-state index contributed by atoms with van der Waals surface area (Å²) >= 11 is 3.34. The number of rotatable bonds is 3. The van der Waals surface area contributed by atoms with Gasteiger partial charge in [-0.2, -0.15) is 0 Å². The number of nitrogens with one attached hydrogen (secondary N) is 1. The Kier molecular flexibility index (Phi) is 4.32. The summed E-state index contributed by atoms with van der Waals surface area (Å²) in [5.41, 5.74) is 0.837. The molecule has 0 fully saturated rings. The number of nitro groups is 1. The number of anilines is 1. The Bertz CT molecular complexity index is 734. The van der Waals surface area contributed by atoms with Gasteiger partial charge in [0, 0.05) is 16.1 Å². The summed E-state index contributed by atoms with van der Waals surface area (Å²) < 4.78 is 14.0. The Morgan fingerprint density at radius 3 is 2.71 bits per heavy atom. The first-order valence-corrected chi connectivity index (χ1v) is 6.69. The molecule has 0 spiro atoms. The van der Waals surface area contributed by atoms with Crippen molar-refractivity contribution >= 4 is 33.2 Å². The maximum absolute atomic E-state index is 13.3. The highest BCUT2D eigenvalue weighted by Gasteiger charge is 2.15. The van der Waals surface area contributed by atoms with Crippen LogP contribution in [-0.2, 0) is 0 Å². The standard InChI is InChI=1S/C14H10BrFN2O3/c1-8-3-2-4-12(13(8)15)17-14(19)9-5-10(16)7-11(6-9)18(20)21/h2-7H,1H3,(H,17,19). The average molecular weight is 353 g/mol. The van der Waals surface area contributed by atoms with Crippen LogP contribution in [0, 0.1) is 22.9 Å². The normalized spacial score (nSPS) is 10.2. The van der Waals surface area contributed by atoms with Crippen molar-refractivity contribution in [2.75, 3.05) is 5.32 Å². The van der Waals surface area contributed by atoms with Gasteiger partial charge in [-0.15, -0.1) is 0 Å². The van der Waals surface area contributed by atoms with E-state index < -0.39 is 22.3 Å². The number of carbonyl (C=O) groups is 1. The second-order valence-corrected chi connectivity index (χ2v) is 5.14. The first-order valence-electron chi connectivity index (χ1n) is 5.90. The largest absolute Gasteiger partial charge is 0.321 e. The maximum Gasteiger partial charge on any atom is 0.273 e. The summed E-state index contributed by atoms with van der Waals surface area (Å²) in [6.07, 6.45) is 0. The predicted octanol–water partition coefficient (Wildman–Crippen LogP) is 4.06. The van der Waals surface area contributed by atoms with E-state index in [1.165, 1.54) is 0 Å². The fourth-order valence-corrected chi connectivity index (χ4v) is 2.11. The summed E-state index contributed by atoms with van der Waals surface area (Å²) in [7, 11) is 0. The number of non-ortho nitro benzene ring substituents is 1. The van der Waals surface area contributed by atoms with Gasteiger partial charge in [-0.3, -0.25) is 14.9 Å². The lowest BCUT2D eigenvalue weighted by atomic mass is 10.1. The minimum Gasteiger partial charge on any atom is -0.321 e. The van der Waals surface area contributed by atoms with Crippen molar-refractivity contribution in [2.45, 2.75) is 6.92 Å². The molecule has 7 heteroatoms. The van der Waals surface area contributed by atoms with E-state index in [0.717, 1.165) is 23.8 Å². The van der Waals surface area contributed by atoms with Gasteiger partial charge in [0.1, 0.15) is 5.82 Å². The monoisotopic (exact) mass is 352 g/mol. The van der Waals surface area contributed by atoms with Crippen molar-refractivity contribution in [3.63, 3.8) is 0 Å². The van der Waals surface area contributed by atoms with Crippen LogP contribution in [0.25, 0.3) is 0 Å². The molecule has 0 aliphatic carbocycles. The quantitative estimate of drug-likeness (QED) is 0.668. The third-order valence-electron chi connectivity index (χ3n) is 2.80. The van der Waals surface area contributed by atoms with Crippen LogP contribution >= 0.6 is 15.9 Å². The summed E-state index contributed by atoms with van der Waals surface area (Å²) in [6.45, 7) is 1.85. The molecule has 2 aromatic carbocycles. The second-order valence-electron chi connectivity index (χ2n) is 4.35. The third kappa shape index (κ3) is 3.43. The topological polar surface area (TPSA) is 72.2 Å². The van der Waals surface area contributed by atoms with Crippen LogP contribution in [-0.4, -0.2) is 10.8 Å². The number of nitrogens with zero attached hydrogens (tertiary/aromatic N) is 1. The summed E-state index contributed by atoms with van der Waals surface area (Å²) in [4.78, 5) is 22.0. The molecule has 0 atom stereocenters. The predicted molar refractivity (Wildman–Crippen MR) is 79.9 cm³/mol. The number of halogens is 2. The highest BCUT2D eigenvalue weighted by molar-refractivity contribution is 9.10. The Morgan fingerprint density at radius 2 is 2.05 bits per heavy atom. The molecule has 0 unspecified atom stereocenters. The number of aryl methyl sites for hydroxylation is 1. The van der Waals surface area contributed by atoms with Crippen LogP contribution < -0.4 is 5.32 Å². The molecule has 1 N–H and O–H groups in total. The molecule has 0 aliphatic rings. The SMILES string of the molecule is Cc1cccc(NC(=O)c2cc(F)cc([N+](=O)[O-])c2)c1Br. The van der Waals surface area contributed by atoms with E-state index >= 15 is 0 Å². The van der Waals surface area contributed by atoms with Crippen LogP contribution in [0.2, 0.25) is 0 Å². The molecule has 0 saturated carbocycles. The van der Waals surface area contributed by atoms with E-state index in [9.17, 15) is 19.3 Å². The van der Waals surface area contributed by atoms with Crippen molar-refractivity contribution in [1.82, 2.24) is 0 Å². The van der Waals surface area contributed by atoms with E-state index in [1.807, 2.05) is 13.0 Å². The lowest BCUT2D eigenvalue weighted by Gasteiger charge is -2.09. The number of benzene rings is 2. The van der Waals surface area contributed by atoms with Crippen molar-refractivity contribution in [1.29, 1.82) is 0 Å². The minimum absolute atomic E-state index is 0.116. The van der Waals surface area contributed by atoms with Gasteiger partial charge in [-0.05, 0) is 40.5 Å². The highest BCUT2D eigenvalue weighted by Crippen LogP contribution is 2.26. The fraction of sp³-hybridized carbons (Fsp3) is 0.0714. The van der Waals surface area contributed by atoms with Crippen LogP contribution in [0.5, 0.6) is 0 Å². The number of carbonyl (C=O) groups excluding carboxylic acids is 1. The van der Waals surface area contributed by atoms with Gasteiger partial charge >= 0.3 is 0 Å². The van der Waals surface area contributed by atoms with E-state index in [-0.39, 0.29) is 5.56 Å². The van der Waals surface area contributed by atoms with E-state index in [4.69, 9.17) is 0 Å². The number of hydrogen-bond donors (Lipinski definition) is 1. The zero-order chi connectivity index (χ0) is 15.6.